The van der Waals surface area contributed by atoms with E-state index in [0.717, 1.165) is 0 Å². The summed E-state index contributed by atoms with van der Waals surface area (Å²) < 4.78 is 18.8. The third kappa shape index (κ3) is 3.35. The molecule has 0 aliphatic rings. The van der Waals surface area contributed by atoms with E-state index < -0.39 is 5.82 Å². The Labute approximate surface area is 129 Å². The third-order valence-corrected chi connectivity index (χ3v) is 3.67. The Bertz CT molecular complexity index is 614. The van der Waals surface area contributed by atoms with E-state index in [4.69, 9.17) is 16.3 Å². The van der Waals surface area contributed by atoms with Crippen molar-refractivity contribution in [3.63, 3.8) is 0 Å². The van der Waals surface area contributed by atoms with Crippen molar-refractivity contribution in [2.24, 2.45) is 0 Å². The number of phenolic OH excluding ortho intramolecular Hbond substituents is 1. The minimum Gasteiger partial charge on any atom is -0.508 e. The number of hydrogen-bond donors (Lipinski definition) is 2. The summed E-state index contributed by atoms with van der Waals surface area (Å²) >= 11 is 9.22. The Balaban J connectivity index is 2.21. The van der Waals surface area contributed by atoms with Gasteiger partial charge in [0.15, 0.2) is 0 Å². The van der Waals surface area contributed by atoms with Gasteiger partial charge in [0.2, 0.25) is 0 Å². The lowest BCUT2D eigenvalue weighted by atomic mass is 10.2. The summed E-state index contributed by atoms with van der Waals surface area (Å²) in [6.07, 6.45) is 0. The minimum absolute atomic E-state index is 0.146. The van der Waals surface area contributed by atoms with E-state index >= 15 is 0 Å². The number of hydrogen-bond acceptors (Lipinski definition) is 3. The number of rotatable bonds is 4. The molecule has 2 rings (SSSR count). The maximum atomic E-state index is 13.1. The molecule has 0 fully saturated rings. The number of methoxy groups -OCH3 is 1. The number of halogens is 3. The predicted octanol–water partition coefficient (Wildman–Crippen LogP) is 4.57. The first-order chi connectivity index (χ1) is 9.51. The number of ether oxygens (including phenoxy) is 1. The zero-order valence-electron chi connectivity index (χ0n) is 10.6. The average molecular weight is 361 g/mol. The quantitative estimate of drug-likeness (QED) is 0.839. The van der Waals surface area contributed by atoms with Crippen LogP contribution in [0.1, 0.15) is 5.56 Å². The fourth-order valence-electron chi connectivity index (χ4n) is 1.73. The van der Waals surface area contributed by atoms with Gasteiger partial charge in [-0.2, -0.15) is 0 Å². The first-order valence-corrected chi connectivity index (χ1v) is 6.92. The number of aromatic hydroxyl groups is 1. The van der Waals surface area contributed by atoms with E-state index in [-0.39, 0.29) is 10.8 Å². The van der Waals surface area contributed by atoms with Crippen molar-refractivity contribution in [1.29, 1.82) is 0 Å². The number of benzene rings is 2. The lowest BCUT2D eigenvalue weighted by molar-refractivity contribution is 0.411. The van der Waals surface area contributed by atoms with Crippen LogP contribution in [0.3, 0.4) is 0 Å². The van der Waals surface area contributed by atoms with Gasteiger partial charge in [-0.1, -0.05) is 11.6 Å². The summed E-state index contributed by atoms with van der Waals surface area (Å²) in [6.45, 7) is 0.326. The predicted molar refractivity (Wildman–Crippen MR) is 81.1 cm³/mol. The molecule has 0 amide bonds. The highest BCUT2D eigenvalue weighted by Crippen LogP contribution is 2.33. The SMILES string of the molecule is COc1ccc(O)c(CNc2c(Cl)cc(F)cc2Br)c1. The van der Waals surface area contributed by atoms with Crippen molar-refractivity contribution in [1.82, 2.24) is 0 Å². The summed E-state index contributed by atoms with van der Waals surface area (Å²) in [5.74, 6) is 0.369. The van der Waals surface area contributed by atoms with Crippen LogP contribution in [0.2, 0.25) is 5.02 Å². The van der Waals surface area contributed by atoms with Crippen molar-refractivity contribution >= 4 is 33.2 Å². The fourth-order valence-corrected chi connectivity index (χ4v) is 2.68. The van der Waals surface area contributed by atoms with E-state index in [1.54, 1.807) is 25.3 Å². The zero-order valence-corrected chi connectivity index (χ0v) is 12.9. The number of phenols is 1. The summed E-state index contributed by atoms with van der Waals surface area (Å²) in [5, 5.41) is 13.1. The van der Waals surface area contributed by atoms with Crippen LogP contribution in [0.25, 0.3) is 0 Å². The van der Waals surface area contributed by atoms with E-state index in [1.807, 2.05) is 0 Å². The van der Waals surface area contributed by atoms with Gasteiger partial charge in [-0.15, -0.1) is 0 Å². The summed E-state index contributed by atoms with van der Waals surface area (Å²) in [4.78, 5) is 0. The van der Waals surface area contributed by atoms with Crippen LogP contribution in [0, 0.1) is 5.82 Å². The van der Waals surface area contributed by atoms with Crippen molar-refractivity contribution in [3.05, 3.63) is 51.2 Å². The van der Waals surface area contributed by atoms with Crippen LogP contribution in [-0.2, 0) is 6.54 Å². The van der Waals surface area contributed by atoms with Gasteiger partial charge < -0.3 is 15.2 Å². The highest BCUT2D eigenvalue weighted by molar-refractivity contribution is 9.10. The van der Waals surface area contributed by atoms with Crippen LogP contribution in [-0.4, -0.2) is 12.2 Å². The second-order valence-corrected chi connectivity index (χ2v) is 5.35. The Kier molecular flexibility index (Phi) is 4.73. The highest BCUT2D eigenvalue weighted by Gasteiger charge is 2.09. The molecule has 2 aromatic carbocycles. The van der Waals surface area contributed by atoms with Crippen LogP contribution >= 0.6 is 27.5 Å². The standard InChI is InChI=1S/C14H12BrClFNO2/c1-20-10-2-3-13(19)8(4-10)7-18-14-11(15)5-9(17)6-12(14)16/h2-6,18-19H,7H2,1H3. The smallest absolute Gasteiger partial charge is 0.125 e. The second kappa shape index (κ2) is 6.33. The normalized spacial score (nSPS) is 10.4. The lowest BCUT2D eigenvalue weighted by Crippen LogP contribution is -2.02. The molecule has 0 spiro atoms. The molecule has 20 heavy (non-hydrogen) atoms. The monoisotopic (exact) mass is 359 g/mol. The summed E-state index contributed by atoms with van der Waals surface area (Å²) in [6, 6.07) is 7.48. The van der Waals surface area contributed by atoms with E-state index in [9.17, 15) is 9.50 Å². The molecule has 6 heteroatoms. The molecule has 3 nitrogen and oxygen atoms in total. The van der Waals surface area contributed by atoms with Gasteiger partial charge in [-0.05, 0) is 46.3 Å². The van der Waals surface area contributed by atoms with Gasteiger partial charge in [-0.25, -0.2) is 4.39 Å². The van der Waals surface area contributed by atoms with Crippen LogP contribution < -0.4 is 10.1 Å². The van der Waals surface area contributed by atoms with Crippen LogP contribution in [0.4, 0.5) is 10.1 Å². The van der Waals surface area contributed by atoms with Crippen molar-refractivity contribution in [3.8, 4) is 11.5 Å². The van der Waals surface area contributed by atoms with Gasteiger partial charge in [0.1, 0.15) is 17.3 Å². The second-order valence-electron chi connectivity index (χ2n) is 4.09. The van der Waals surface area contributed by atoms with Gasteiger partial charge in [0.05, 0.1) is 17.8 Å². The molecule has 2 N–H and O–H groups in total. The highest BCUT2D eigenvalue weighted by atomic mass is 79.9. The molecular formula is C14H12BrClFNO2. The maximum absolute atomic E-state index is 13.1. The van der Waals surface area contributed by atoms with Crippen molar-refractivity contribution in [2.75, 3.05) is 12.4 Å². The Morgan fingerprint density at radius 2 is 2.10 bits per heavy atom. The molecule has 0 aliphatic heterocycles. The molecule has 0 atom stereocenters. The van der Waals surface area contributed by atoms with Crippen LogP contribution in [0.5, 0.6) is 11.5 Å². The van der Waals surface area contributed by atoms with Gasteiger partial charge in [0, 0.05) is 16.6 Å². The van der Waals surface area contributed by atoms with E-state index in [2.05, 4.69) is 21.2 Å². The zero-order chi connectivity index (χ0) is 14.7. The molecule has 0 aliphatic carbocycles. The summed E-state index contributed by atoms with van der Waals surface area (Å²) in [5.41, 5.74) is 1.21. The largest absolute Gasteiger partial charge is 0.508 e. The van der Waals surface area contributed by atoms with E-state index in [0.29, 0.717) is 28.0 Å². The fraction of sp³-hybridized carbons (Fsp3) is 0.143. The molecular weight excluding hydrogens is 349 g/mol. The maximum Gasteiger partial charge on any atom is 0.125 e. The molecule has 0 unspecified atom stereocenters. The molecule has 106 valence electrons. The van der Waals surface area contributed by atoms with Crippen molar-refractivity contribution in [2.45, 2.75) is 6.54 Å². The molecule has 2 aromatic rings. The van der Waals surface area contributed by atoms with Gasteiger partial charge in [0.25, 0.3) is 0 Å². The number of anilines is 1. The van der Waals surface area contributed by atoms with E-state index in [1.165, 1.54) is 12.1 Å². The number of nitrogens with one attached hydrogen (secondary N) is 1. The molecule has 0 radical (unpaired) electrons. The Morgan fingerprint density at radius 1 is 1.35 bits per heavy atom. The summed E-state index contributed by atoms with van der Waals surface area (Å²) in [7, 11) is 1.55. The van der Waals surface area contributed by atoms with Gasteiger partial charge in [-0.3, -0.25) is 0 Å². The average Bonchev–Trinajstić information content (AvgIpc) is 2.39. The van der Waals surface area contributed by atoms with Gasteiger partial charge >= 0.3 is 0 Å². The molecule has 0 aromatic heterocycles. The molecule has 0 saturated heterocycles. The Hall–Kier alpha value is -1.46. The topological polar surface area (TPSA) is 41.5 Å². The lowest BCUT2D eigenvalue weighted by Gasteiger charge is -2.12. The minimum atomic E-state index is -0.420. The molecule has 0 saturated carbocycles. The first-order valence-electron chi connectivity index (χ1n) is 5.75. The van der Waals surface area contributed by atoms with Crippen LogP contribution in [0.15, 0.2) is 34.8 Å². The Morgan fingerprint density at radius 3 is 2.75 bits per heavy atom. The first kappa shape index (κ1) is 14.9. The molecule has 0 bridgehead atoms. The third-order valence-electron chi connectivity index (χ3n) is 2.75. The molecule has 0 heterocycles. The van der Waals surface area contributed by atoms with Crippen molar-refractivity contribution < 1.29 is 14.2 Å².